The van der Waals surface area contributed by atoms with Crippen LogP contribution >= 0.6 is 22.9 Å². The highest BCUT2D eigenvalue weighted by molar-refractivity contribution is 7.94. The lowest BCUT2D eigenvalue weighted by molar-refractivity contribution is 0.603. The van der Waals surface area contributed by atoms with Crippen LogP contribution in [0.2, 0.25) is 4.34 Å². The number of nitrogens with one attached hydrogen (secondary N) is 2. The Morgan fingerprint density at radius 1 is 1.00 bits per heavy atom. The van der Waals surface area contributed by atoms with Gasteiger partial charge in [-0.3, -0.25) is 4.72 Å². The fourth-order valence-electron chi connectivity index (χ4n) is 1.78. The van der Waals surface area contributed by atoms with E-state index in [4.69, 9.17) is 11.6 Å². The molecule has 10 heteroatoms. The first-order valence-corrected chi connectivity index (χ1v) is 9.25. The molecule has 0 radical (unpaired) electrons. The van der Waals surface area contributed by atoms with Gasteiger partial charge in [0.2, 0.25) is 0 Å². The molecule has 0 aliphatic heterocycles. The van der Waals surface area contributed by atoms with E-state index >= 15 is 0 Å². The molecule has 2 heterocycles. The van der Waals surface area contributed by atoms with Gasteiger partial charge in [-0.1, -0.05) is 23.7 Å². The number of sulfonamides is 1. The molecule has 0 aliphatic rings. The van der Waals surface area contributed by atoms with Crippen molar-refractivity contribution in [2.45, 2.75) is 4.21 Å². The molecule has 3 aromatic rings. The van der Waals surface area contributed by atoms with E-state index in [1.165, 1.54) is 30.3 Å². The quantitative estimate of drug-likeness (QED) is 0.697. The predicted molar refractivity (Wildman–Crippen MR) is 91.9 cm³/mol. The van der Waals surface area contributed by atoms with Gasteiger partial charge in [0.1, 0.15) is 10.0 Å². The third kappa shape index (κ3) is 3.81. The number of para-hydroxylation sites is 1. The minimum Gasteiger partial charge on any atom is -0.336 e. The Hall–Kier alpha value is -2.23. The summed E-state index contributed by atoms with van der Waals surface area (Å²) < 4.78 is 40.6. The standard InChI is InChI=1S/C14H10ClFN4O2S2/c15-11-5-8-14(23-11)24(21,22)20-13-7-6-12(18-19-13)17-10-4-2-1-3-9(10)16/h1-8H,(H,17,18)(H,19,20). The van der Waals surface area contributed by atoms with Crippen molar-refractivity contribution >= 4 is 50.3 Å². The summed E-state index contributed by atoms with van der Waals surface area (Å²) in [5.41, 5.74) is 0.244. The van der Waals surface area contributed by atoms with Crippen LogP contribution in [0.5, 0.6) is 0 Å². The zero-order valence-corrected chi connectivity index (χ0v) is 14.3. The molecule has 0 fully saturated rings. The van der Waals surface area contributed by atoms with Crippen LogP contribution in [-0.4, -0.2) is 18.6 Å². The number of benzene rings is 1. The third-order valence-corrected chi connectivity index (χ3v) is 5.93. The molecule has 0 bridgehead atoms. The highest BCUT2D eigenvalue weighted by Gasteiger charge is 2.17. The van der Waals surface area contributed by atoms with E-state index in [9.17, 15) is 12.8 Å². The number of hydrogen-bond donors (Lipinski definition) is 2. The summed E-state index contributed by atoms with van der Waals surface area (Å²) in [6.07, 6.45) is 0. The Labute approximate surface area is 146 Å². The van der Waals surface area contributed by atoms with E-state index < -0.39 is 15.8 Å². The van der Waals surface area contributed by atoms with Gasteiger partial charge in [-0.15, -0.1) is 21.5 Å². The van der Waals surface area contributed by atoms with Crippen molar-refractivity contribution in [3.8, 4) is 0 Å². The Morgan fingerprint density at radius 3 is 2.33 bits per heavy atom. The number of hydrogen-bond acceptors (Lipinski definition) is 6. The van der Waals surface area contributed by atoms with Crippen LogP contribution in [0, 0.1) is 5.82 Å². The summed E-state index contributed by atoms with van der Waals surface area (Å²) in [6.45, 7) is 0. The first kappa shape index (κ1) is 16.6. The number of rotatable bonds is 5. The van der Waals surface area contributed by atoms with Crippen LogP contribution in [0.25, 0.3) is 0 Å². The van der Waals surface area contributed by atoms with Crippen molar-refractivity contribution in [3.63, 3.8) is 0 Å². The largest absolute Gasteiger partial charge is 0.336 e. The molecular formula is C14H10ClFN4O2S2. The summed E-state index contributed by atoms with van der Waals surface area (Å²) in [6, 6.07) is 11.9. The van der Waals surface area contributed by atoms with Crippen molar-refractivity contribution in [2.75, 3.05) is 10.0 Å². The van der Waals surface area contributed by atoms with Gasteiger partial charge in [0.25, 0.3) is 10.0 Å². The smallest absolute Gasteiger partial charge is 0.272 e. The van der Waals surface area contributed by atoms with Gasteiger partial charge >= 0.3 is 0 Å². The number of nitrogens with zero attached hydrogens (tertiary/aromatic N) is 2. The van der Waals surface area contributed by atoms with Gasteiger partial charge in [-0.2, -0.15) is 0 Å². The highest BCUT2D eigenvalue weighted by atomic mass is 35.5. The van der Waals surface area contributed by atoms with E-state index in [0.717, 1.165) is 11.3 Å². The van der Waals surface area contributed by atoms with Crippen molar-refractivity contribution in [1.82, 2.24) is 10.2 Å². The van der Waals surface area contributed by atoms with E-state index in [-0.39, 0.29) is 21.5 Å². The molecule has 0 atom stereocenters. The van der Waals surface area contributed by atoms with Gasteiger partial charge in [0, 0.05) is 0 Å². The van der Waals surface area contributed by atoms with Crippen molar-refractivity contribution in [3.05, 3.63) is 58.7 Å². The summed E-state index contributed by atoms with van der Waals surface area (Å²) in [7, 11) is -3.77. The molecule has 0 spiro atoms. The number of halogens is 2. The average molecular weight is 385 g/mol. The van der Waals surface area contributed by atoms with Crippen LogP contribution in [0.4, 0.5) is 21.7 Å². The predicted octanol–water partition coefficient (Wildman–Crippen LogP) is 3.88. The Bertz CT molecular complexity index is 961. The molecule has 2 aromatic heterocycles. The van der Waals surface area contributed by atoms with Gasteiger partial charge in [0.15, 0.2) is 11.6 Å². The molecule has 6 nitrogen and oxygen atoms in total. The SMILES string of the molecule is O=S(=O)(Nc1ccc(Nc2ccccc2F)nn1)c1ccc(Cl)s1. The molecule has 0 unspecified atom stereocenters. The molecule has 3 rings (SSSR count). The second kappa shape index (κ2) is 6.71. The maximum Gasteiger partial charge on any atom is 0.272 e. The molecule has 0 saturated carbocycles. The topological polar surface area (TPSA) is 84.0 Å². The highest BCUT2D eigenvalue weighted by Crippen LogP contribution is 2.27. The number of anilines is 3. The molecule has 124 valence electrons. The van der Waals surface area contributed by atoms with Crippen LogP contribution in [0.3, 0.4) is 0 Å². The van der Waals surface area contributed by atoms with Gasteiger partial charge in [-0.05, 0) is 36.4 Å². The molecular weight excluding hydrogens is 375 g/mol. The zero-order chi connectivity index (χ0) is 17.2. The summed E-state index contributed by atoms with van der Waals surface area (Å²) in [4.78, 5) is 0. The lowest BCUT2D eigenvalue weighted by Crippen LogP contribution is -2.13. The molecule has 0 aliphatic carbocycles. The lowest BCUT2D eigenvalue weighted by Gasteiger charge is -2.07. The fourth-order valence-corrected chi connectivity index (χ4v) is 4.26. The first-order chi connectivity index (χ1) is 11.4. The monoisotopic (exact) mass is 384 g/mol. The fraction of sp³-hybridized carbons (Fsp3) is 0. The van der Waals surface area contributed by atoms with Crippen molar-refractivity contribution in [2.24, 2.45) is 0 Å². The normalized spacial score (nSPS) is 11.2. The Kier molecular flexibility index (Phi) is 4.65. The number of aromatic nitrogens is 2. The van der Waals surface area contributed by atoms with Crippen LogP contribution in [-0.2, 0) is 10.0 Å². The minimum atomic E-state index is -3.77. The second-order valence-corrected chi connectivity index (χ2v) is 8.20. The summed E-state index contributed by atoms with van der Waals surface area (Å²) >= 11 is 6.67. The van der Waals surface area contributed by atoms with E-state index in [1.54, 1.807) is 18.2 Å². The van der Waals surface area contributed by atoms with Crippen LogP contribution in [0.15, 0.2) is 52.7 Å². The van der Waals surface area contributed by atoms with Crippen LogP contribution < -0.4 is 10.0 Å². The Balaban J connectivity index is 1.74. The van der Waals surface area contributed by atoms with E-state index in [1.807, 2.05) is 0 Å². The number of thiophene rings is 1. The average Bonchev–Trinajstić information content (AvgIpc) is 2.99. The maximum atomic E-state index is 13.6. The summed E-state index contributed by atoms with van der Waals surface area (Å²) in [5.74, 6) is -0.112. The van der Waals surface area contributed by atoms with Crippen molar-refractivity contribution in [1.29, 1.82) is 0 Å². The molecule has 2 N–H and O–H groups in total. The van der Waals surface area contributed by atoms with Gasteiger partial charge < -0.3 is 5.32 Å². The molecule has 0 amide bonds. The molecule has 1 aromatic carbocycles. The van der Waals surface area contributed by atoms with Crippen LogP contribution in [0.1, 0.15) is 0 Å². The van der Waals surface area contributed by atoms with E-state index in [2.05, 4.69) is 20.2 Å². The lowest BCUT2D eigenvalue weighted by atomic mass is 10.3. The van der Waals surface area contributed by atoms with E-state index in [0.29, 0.717) is 4.34 Å². The summed E-state index contributed by atoms with van der Waals surface area (Å²) in [5, 5.41) is 10.3. The first-order valence-electron chi connectivity index (χ1n) is 6.57. The third-order valence-electron chi connectivity index (χ3n) is 2.85. The minimum absolute atomic E-state index is 0.0404. The van der Waals surface area contributed by atoms with Crippen molar-refractivity contribution < 1.29 is 12.8 Å². The zero-order valence-electron chi connectivity index (χ0n) is 11.9. The molecule has 0 saturated heterocycles. The Morgan fingerprint density at radius 2 is 1.71 bits per heavy atom. The van der Waals surface area contributed by atoms with Gasteiger partial charge in [0.05, 0.1) is 10.0 Å². The second-order valence-electron chi connectivity index (χ2n) is 4.57. The van der Waals surface area contributed by atoms with Gasteiger partial charge in [-0.25, -0.2) is 12.8 Å². The molecule has 24 heavy (non-hydrogen) atoms. The maximum absolute atomic E-state index is 13.6.